The second kappa shape index (κ2) is 8.49. The topological polar surface area (TPSA) is 90.0 Å². The normalized spacial score (nSPS) is 23.4. The molecule has 0 aromatic heterocycles. The first-order chi connectivity index (χ1) is 14.4. The lowest BCUT2D eigenvalue weighted by Crippen LogP contribution is -2.53. The van der Waals surface area contributed by atoms with E-state index in [9.17, 15) is 18.0 Å². The highest BCUT2D eigenvalue weighted by molar-refractivity contribution is 7.92. The van der Waals surface area contributed by atoms with E-state index >= 15 is 0 Å². The fraction of sp³-hybridized carbons (Fsp3) is 0.524. The maximum atomic E-state index is 12.9. The maximum Gasteiger partial charge on any atom is 0.326 e. The van der Waals surface area contributed by atoms with E-state index < -0.39 is 15.6 Å². The zero-order valence-corrected chi connectivity index (χ0v) is 17.8. The summed E-state index contributed by atoms with van der Waals surface area (Å²) in [5.41, 5.74) is 0.109. The van der Waals surface area contributed by atoms with Crippen LogP contribution in [0.15, 0.2) is 35.7 Å². The summed E-state index contributed by atoms with van der Waals surface area (Å²) in [4.78, 5) is 28.6. The molecular weight excluding hydrogens is 404 g/mol. The Morgan fingerprint density at radius 1 is 0.967 bits per heavy atom. The highest BCUT2D eigenvalue weighted by Crippen LogP contribution is 2.33. The van der Waals surface area contributed by atoms with Crippen LogP contribution in [-0.2, 0) is 14.8 Å². The fourth-order valence-electron chi connectivity index (χ4n) is 4.44. The van der Waals surface area contributed by atoms with E-state index in [1.54, 1.807) is 6.08 Å². The van der Waals surface area contributed by atoms with Crippen LogP contribution in [0.4, 0.5) is 4.79 Å². The van der Waals surface area contributed by atoms with E-state index in [2.05, 4.69) is 5.32 Å². The molecule has 2 aliphatic heterocycles. The monoisotopic (exact) mass is 432 g/mol. The van der Waals surface area contributed by atoms with Gasteiger partial charge in [0.2, 0.25) is 10.0 Å². The molecule has 0 unspecified atom stereocenters. The lowest BCUT2D eigenvalue weighted by atomic mass is 9.82. The maximum absolute atomic E-state index is 12.9. The molecule has 1 aromatic carbocycles. The van der Waals surface area contributed by atoms with Crippen molar-refractivity contribution in [3.8, 4) is 0 Å². The van der Waals surface area contributed by atoms with Gasteiger partial charge in [0, 0.05) is 31.6 Å². The van der Waals surface area contributed by atoms with E-state index in [1.807, 2.05) is 35.2 Å². The molecule has 0 radical (unpaired) electrons. The highest BCUT2D eigenvalue weighted by atomic mass is 32.2. The second-order valence-corrected chi connectivity index (χ2v) is 10.0. The summed E-state index contributed by atoms with van der Waals surface area (Å²) < 4.78 is 26.7. The van der Waals surface area contributed by atoms with Gasteiger partial charge in [0.05, 0.1) is 6.67 Å². The summed E-state index contributed by atoms with van der Waals surface area (Å²) in [6.07, 6.45) is 6.00. The number of carbonyl (C=O) groups excluding carboxylic acids is 2. The summed E-state index contributed by atoms with van der Waals surface area (Å²) in [5, 5.41) is 4.16. The number of nitrogens with zero attached hydrogens (tertiary/aromatic N) is 3. The Kier molecular flexibility index (Phi) is 5.95. The molecule has 1 N–H and O–H groups in total. The smallest absolute Gasteiger partial charge is 0.323 e. The Morgan fingerprint density at radius 2 is 1.63 bits per heavy atom. The number of benzene rings is 1. The van der Waals surface area contributed by atoms with Crippen LogP contribution in [0.2, 0.25) is 0 Å². The third-order valence-corrected chi connectivity index (χ3v) is 7.78. The second-order valence-electron chi connectivity index (χ2n) is 8.22. The molecule has 1 saturated carbocycles. The average molecular weight is 433 g/mol. The highest BCUT2D eigenvalue weighted by Gasteiger charge is 2.51. The molecule has 1 aromatic rings. The summed E-state index contributed by atoms with van der Waals surface area (Å²) in [6, 6.07) is 8.97. The lowest BCUT2D eigenvalue weighted by molar-refractivity contribution is -0.134. The van der Waals surface area contributed by atoms with Crippen molar-refractivity contribution in [2.45, 2.75) is 37.6 Å². The zero-order chi connectivity index (χ0) is 21.2. The Labute approximate surface area is 177 Å². The van der Waals surface area contributed by atoms with Crippen LogP contribution in [-0.4, -0.2) is 72.8 Å². The number of nitrogens with one attached hydrogen (secondary N) is 1. The summed E-state index contributed by atoms with van der Waals surface area (Å²) in [7, 11) is -3.51. The van der Waals surface area contributed by atoms with Crippen molar-refractivity contribution < 1.29 is 18.0 Å². The lowest BCUT2D eigenvalue weighted by Gasteiger charge is -2.35. The molecule has 1 spiro atoms. The van der Waals surface area contributed by atoms with Gasteiger partial charge in [-0.3, -0.25) is 9.69 Å². The van der Waals surface area contributed by atoms with E-state index in [-0.39, 0.29) is 18.6 Å². The number of urea groups is 1. The summed E-state index contributed by atoms with van der Waals surface area (Å²) >= 11 is 0. The zero-order valence-electron chi connectivity index (χ0n) is 17.0. The molecular formula is C21H28N4O4S. The molecule has 0 bridgehead atoms. The molecule has 30 heavy (non-hydrogen) atoms. The van der Waals surface area contributed by atoms with Crippen LogP contribution in [0, 0.1) is 0 Å². The summed E-state index contributed by atoms with van der Waals surface area (Å²) in [6.45, 7) is 1.82. The number of rotatable bonds is 5. The molecule has 9 heteroatoms. The number of amides is 3. The van der Waals surface area contributed by atoms with Gasteiger partial charge >= 0.3 is 6.03 Å². The minimum atomic E-state index is -3.51. The van der Waals surface area contributed by atoms with Crippen LogP contribution in [0.5, 0.6) is 0 Å². The molecule has 3 fully saturated rings. The number of sulfonamides is 1. The van der Waals surface area contributed by atoms with Gasteiger partial charge in [-0.05, 0) is 24.5 Å². The molecule has 2 saturated heterocycles. The molecule has 0 atom stereocenters. The van der Waals surface area contributed by atoms with Crippen molar-refractivity contribution in [2.75, 3.05) is 32.8 Å². The predicted molar refractivity (Wildman–Crippen MR) is 114 cm³/mol. The standard InChI is InChI=1S/C21H28N4O4S/c26-19-21(10-5-2-6-11-21)22-20(27)25(19)17-23-12-14-24(15-13-23)30(28,29)16-9-18-7-3-1-4-8-18/h1,3-4,7-9,16H,2,5-6,10-15,17H2,(H,22,27). The van der Waals surface area contributed by atoms with Crippen molar-refractivity contribution in [2.24, 2.45) is 0 Å². The van der Waals surface area contributed by atoms with Crippen LogP contribution < -0.4 is 5.32 Å². The van der Waals surface area contributed by atoms with E-state index in [0.29, 0.717) is 39.0 Å². The van der Waals surface area contributed by atoms with Gasteiger partial charge in [-0.25, -0.2) is 18.1 Å². The quantitative estimate of drug-likeness (QED) is 0.717. The fourth-order valence-corrected chi connectivity index (χ4v) is 5.61. The van der Waals surface area contributed by atoms with Gasteiger partial charge < -0.3 is 5.32 Å². The van der Waals surface area contributed by atoms with Crippen molar-refractivity contribution in [1.29, 1.82) is 0 Å². The first-order valence-electron chi connectivity index (χ1n) is 10.5. The SMILES string of the molecule is O=C1NC2(CCCCC2)C(=O)N1CN1CCN(S(=O)(=O)C=Cc2ccccc2)CC1. The minimum Gasteiger partial charge on any atom is -0.323 e. The van der Waals surface area contributed by atoms with Gasteiger partial charge in [0.15, 0.2) is 0 Å². The van der Waals surface area contributed by atoms with Crippen LogP contribution in [0.25, 0.3) is 6.08 Å². The van der Waals surface area contributed by atoms with E-state index in [0.717, 1.165) is 24.8 Å². The van der Waals surface area contributed by atoms with Crippen molar-refractivity contribution in [3.63, 3.8) is 0 Å². The molecule has 4 rings (SSSR count). The number of imide groups is 1. The number of hydrogen-bond donors (Lipinski definition) is 1. The average Bonchev–Trinajstić information content (AvgIpc) is 2.98. The molecule has 3 aliphatic rings. The predicted octanol–water partition coefficient (Wildman–Crippen LogP) is 1.82. The third kappa shape index (κ3) is 4.28. The molecule has 1 aliphatic carbocycles. The largest absolute Gasteiger partial charge is 0.326 e. The first kappa shape index (κ1) is 21.0. The van der Waals surface area contributed by atoms with E-state index in [4.69, 9.17) is 0 Å². The molecule has 2 heterocycles. The number of hydrogen-bond acceptors (Lipinski definition) is 5. The Balaban J connectivity index is 1.33. The third-order valence-electron chi connectivity index (χ3n) is 6.22. The molecule has 3 amide bonds. The van der Waals surface area contributed by atoms with Crippen molar-refractivity contribution in [3.05, 3.63) is 41.3 Å². The first-order valence-corrected chi connectivity index (χ1v) is 12.0. The molecule has 162 valence electrons. The minimum absolute atomic E-state index is 0.131. The summed E-state index contributed by atoms with van der Waals surface area (Å²) in [5.74, 6) is -0.131. The van der Waals surface area contributed by atoms with Gasteiger partial charge in [0.25, 0.3) is 5.91 Å². The Hall–Kier alpha value is -2.23. The van der Waals surface area contributed by atoms with Crippen LogP contribution in [0.3, 0.4) is 0 Å². The van der Waals surface area contributed by atoms with Crippen LogP contribution in [0.1, 0.15) is 37.7 Å². The number of carbonyl (C=O) groups is 2. The van der Waals surface area contributed by atoms with E-state index in [1.165, 1.54) is 14.6 Å². The van der Waals surface area contributed by atoms with Crippen LogP contribution >= 0.6 is 0 Å². The van der Waals surface area contributed by atoms with Crippen molar-refractivity contribution in [1.82, 2.24) is 19.4 Å². The van der Waals surface area contributed by atoms with Gasteiger partial charge in [-0.2, -0.15) is 4.31 Å². The van der Waals surface area contributed by atoms with Gasteiger partial charge in [-0.1, -0.05) is 49.6 Å². The number of piperazine rings is 1. The van der Waals surface area contributed by atoms with Crippen molar-refractivity contribution >= 4 is 28.0 Å². The Bertz CT molecular complexity index is 918. The van der Waals surface area contributed by atoms with Gasteiger partial charge in [-0.15, -0.1) is 0 Å². The Morgan fingerprint density at radius 3 is 2.30 bits per heavy atom. The molecule has 8 nitrogen and oxygen atoms in total. The van der Waals surface area contributed by atoms with Gasteiger partial charge in [0.1, 0.15) is 5.54 Å².